The van der Waals surface area contributed by atoms with Gasteiger partial charge < -0.3 is 9.47 Å². The van der Waals surface area contributed by atoms with Crippen LogP contribution in [-0.2, 0) is 0 Å². The molecule has 3 aromatic carbocycles. The molecule has 0 aliphatic heterocycles. The fourth-order valence-electron chi connectivity index (χ4n) is 2.35. The normalized spacial score (nSPS) is 10.3. The molecule has 0 radical (unpaired) electrons. The highest BCUT2D eigenvalue weighted by Gasteiger charge is 2.20. The van der Waals surface area contributed by atoms with E-state index in [4.69, 9.17) is 32.7 Å². The zero-order chi connectivity index (χ0) is 19.4. The van der Waals surface area contributed by atoms with Crippen molar-refractivity contribution in [2.45, 2.75) is 6.92 Å². The van der Waals surface area contributed by atoms with E-state index >= 15 is 0 Å². The van der Waals surface area contributed by atoms with Gasteiger partial charge in [-0.05, 0) is 67.1 Å². The molecule has 0 N–H and O–H groups in total. The van der Waals surface area contributed by atoms with Crippen LogP contribution in [0.1, 0.15) is 26.3 Å². The Morgan fingerprint density at radius 1 is 0.741 bits per heavy atom. The van der Waals surface area contributed by atoms with Gasteiger partial charge in [0.1, 0.15) is 11.5 Å². The van der Waals surface area contributed by atoms with Crippen LogP contribution < -0.4 is 9.47 Å². The molecule has 0 unspecified atom stereocenters. The summed E-state index contributed by atoms with van der Waals surface area (Å²) in [5.41, 5.74) is 0.976. The highest BCUT2D eigenvalue weighted by molar-refractivity contribution is 6.31. The number of esters is 2. The second-order valence-electron chi connectivity index (χ2n) is 5.69. The Hall–Kier alpha value is -2.82. The number of ether oxygens (including phenoxy) is 2. The Morgan fingerprint density at radius 2 is 1.26 bits per heavy atom. The summed E-state index contributed by atoms with van der Waals surface area (Å²) in [6.07, 6.45) is 0. The molecule has 3 rings (SSSR count). The molecule has 0 saturated heterocycles. The first-order valence-corrected chi connectivity index (χ1v) is 8.75. The number of hydrogen-bond donors (Lipinski definition) is 0. The lowest BCUT2D eigenvalue weighted by atomic mass is 10.1. The number of aryl methyl sites for hydroxylation is 1. The van der Waals surface area contributed by atoms with Gasteiger partial charge >= 0.3 is 11.9 Å². The molecule has 0 aliphatic rings. The molecular weight excluding hydrogens is 387 g/mol. The Balaban J connectivity index is 1.82. The van der Waals surface area contributed by atoms with Crippen molar-refractivity contribution in [3.8, 4) is 11.5 Å². The van der Waals surface area contributed by atoms with E-state index in [0.29, 0.717) is 21.5 Å². The third kappa shape index (κ3) is 4.67. The van der Waals surface area contributed by atoms with E-state index in [2.05, 4.69) is 0 Å². The van der Waals surface area contributed by atoms with Gasteiger partial charge in [0, 0.05) is 10.0 Å². The monoisotopic (exact) mass is 400 g/mol. The Bertz CT molecular complexity index is 997. The molecule has 136 valence electrons. The summed E-state index contributed by atoms with van der Waals surface area (Å²) in [6.45, 7) is 1.80. The third-order valence-corrected chi connectivity index (χ3v) is 4.41. The van der Waals surface area contributed by atoms with Gasteiger partial charge in [-0.3, -0.25) is 0 Å². The lowest BCUT2D eigenvalue weighted by Gasteiger charge is -2.10. The summed E-state index contributed by atoms with van der Waals surface area (Å²) in [4.78, 5) is 25.0. The second kappa shape index (κ2) is 8.25. The Morgan fingerprint density at radius 3 is 1.81 bits per heavy atom. The highest BCUT2D eigenvalue weighted by atomic mass is 35.5. The highest BCUT2D eigenvalue weighted by Crippen LogP contribution is 2.23. The number of benzene rings is 3. The van der Waals surface area contributed by atoms with E-state index in [1.54, 1.807) is 61.5 Å². The number of carbonyl (C=O) groups excluding carboxylic acids is 2. The maximum Gasteiger partial charge on any atom is 0.344 e. The van der Waals surface area contributed by atoms with Crippen molar-refractivity contribution in [2.75, 3.05) is 0 Å². The van der Waals surface area contributed by atoms with E-state index in [1.807, 2.05) is 0 Å². The lowest BCUT2D eigenvalue weighted by molar-refractivity contribution is 0.0692. The number of rotatable bonds is 4. The number of hydrogen-bond acceptors (Lipinski definition) is 4. The fourth-order valence-corrected chi connectivity index (χ4v) is 2.59. The van der Waals surface area contributed by atoms with Crippen LogP contribution in [0.5, 0.6) is 11.5 Å². The molecule has 0 fully saturated rings. The molecule has 0 atom stereocenters. The quantitative estimate of drug-likeness (QED) is 0.413. The van der Waals surface area contributed by atoms with Crippen LogP contribution in [0, 0.1) is 6.92 Å². The molecule has 0 amide bonds. The van der Waals surface area contributed by atoms with Crippen LogP contribution in [0.2, 0.25) is 10.0 Å². The van der Waals surface area contributed by atoms with Gasteiger partial charge in [0.25, 0.3) is 0 Å². The average Bonchev–Trinajstić information content (AvgIpc) is 2.66. The van der Waals surface area contributed by atoms with Crippen LogP contribution in [0.25, 0.3) is 0 Å². The number of halogens is 2. The summed E-state index contributed by atoms with van der Waals surface area (Å²) >= 11 is 11.8. The first-order valence-electron chi connectivity index (χ1n) is 7.99. The second-order valence-corrected chi connectivity index (χ2v) is 6.53. The molecule has 0 bridgehead atoms. The van der Waals surface area contributed by atoms with Crippen molar-refractivity contribution < 1.29 is 19.1 Å². The van der Waals surface area contributed by atoms with Crippen LogP contribution in [0.15, 0.2) is 66.7 Å². The van der Waals surface area contributed by atoms with Gasteiger partial charge in [0.15, 0.2) is 0 Å². The standard InChI is InChI=1S/C21H14Cl2O4/c1-13-12-16(10-11-19(13)23)27-21(25)18-5-3-2-4-17(18)20(24)26-15-8-6-14(22)7-9-15/h2-12H,1H3. The van der Waals surface area contributed by atoms with E-state index in [0.717, 1.165) is 5.56 Å². The molecule has 0 spiro atoms. The smallest absolute Gasteiger partial charge is 0.344 e. The van der Waals surface area contributed by atoms with Crippen molar-refractivity contribution in [1.82, 2.24) is 0 Å². The lowest BCUT2D eigenvalue weighted by Crippen LogP contribution is -2.17. The molecular formula is C21H14Cl2O4. The van der Waals surface area contributed by atoms with Gasteiger partial charge in [-0.2, -0.15) is 0 Å². The zero-order valence-corrected chi connectivity index (χ0v) is 15.8. The Labute approximate surface area is 166 Å². The van der Waals surface area contributed by atoms with Crippen LogP contribution in [0.3, 0.4) is 0 Å². The maximum absolute atomic E-state index is 12.6. The van der Waals surface area contributed by atoms with Crippen molar-refractivity contribution in [1.29, 1.82) is 0 Å². The van der Waals surface area contributed by atoms with Crippen molar-refractivity contribution in [2.24, 2.45) is 0 Å². The van der Waals surface area contributed by atoms with Crippen LogP contribution in [-0.4, -0.2) is 11.9 Å². The van der Waals surface area contributed by atoms with Gasteiger partial charge in [-0.1, -0.05) is 35.3 Å². The summed E-state index contributed by atoms with van der Waals surface area (Å²) in [7, 11) is 0. The van der Waals surface area contributed by atoms with E-state index in [1.165, 1.54) is 12.1 Å². The van der Waals surface area contributed by atoms with Gasteiger partial charge in [-0.15, -0.1) is 0 Å². The van der Waals surface area contributed by atoms with Crippen molar-refractivity contribution in [3.05, 3.63) is 93.5 Å². The minimum absolute atomic E-state index is 0.100. The third-order valence-electron chi connectivity index (χ3n) is 3.73. The van der Waals surface area contributed by atoms with E-state index < -0.39 is 11.9 Å². The van der Waals surface area contributed by atoms with Crippen LogP contribution >= 0.6 is 23.2 Å². The van der Waals surface area contributed by atoms with Gasteiger partial charge in [-0.25, -0.2) is 9.59 Å². The molecule has 0 saturated carbocycles. The number of carbonyl (C=O) groups is 2. The summed E-state index contributed by atoms with van der Waals surface area (Å²) in [5, 5.41) is 1.10. The topological polar surface area (TPSA) is 52.6 Å². The first kappa shape index (κ1) is 19.0. The largest absolute Gasteiger partial charge is 0.423 e. The Kier molecular flexibility index (Phi) is 5.79. The summed E-state index contributed by atoms with van der Waals surface area (Å²) < 4.78 is 10.7. The molecule has 0 aliphatic carbocycles. The van der Waals surface area contributed by atoms with Gasteiger partial charge in [0.05, 0.1) is 11.1 Å². The molecule has 3 aromatic rings. The van der Waals surface area contributed by atoms with Crippen LogP contribution in [0.4, 0.5) is 0 Å². The molecule has 4 nitrogen and oxygen atoms in total. The fraction of sp³-hybridized carbons (Fsp3) is 0.0476. The SMILES string of the molecule is Cc1cc(OC(=O)c2ccccc2C(=O)Oc2ccc(Cl)cc2)ccc1Cl. The summed E-state index contributed by atoms with van der Waals surface area (Å²) in [6, 6.07) is 17.5. The first-order chi connectivity index (χ1) is 12.9. The molecule has 0 heterocycles. The molecule has 27 heavy (non-hydrogen) atoms. The minimum atomic E-state index is -0.669. The zero-order valence-electron chi connectivity index (χ0n) is 14.2. The average molecular weight is 401 g/mol. The van der Waals surface area contributed by atoms with Gasteiger partial charge in [0.2, 0.25) is 0 Å². The van der Waals surface area contributed by atoms with Crippen molar-refractivity contribution in [3.63, 3.8) is 0 Å². The minimum Gasteiger partial charge on any atom is -0.423 e. The predicted molar refractivity (Wildman–Crippen MR) is 104 cm³/mol. The predicted octanol–water partition coefficient (Wildman–Crippen LogP) is 5.74. The van der Waals surface area contributed by atoms with Crippen molar-refractivity contribution >= 4 is 35.1 Å². The summed E-state index contributed by atoms with van der Waals surface area (Å²) in [5.74, 6) is -0.679. The molecule has 0 aromatic heterocycles. The van der Waals surface area contributed by atoms with E-state index in [9.17, 15) is 9.59 Å². The van der Waals surface area contributed by atoms with E-state index in [-0.39, 0.29) is 11.1 Å². The maximum atomic E-state index is 12.6. The molecule has 6 heteroatoms.